The number of nitrogens with zero attached hydrogens (tertiary/aromatic N) is 1. The normalized spacial score (nSPS) is 26.0. The van der Waals surface area contributed by atoms with Crippen molar-refractivity contribution in [2.45, 2.75) is 75.1 Å². The van der Waals surface area contributed by atoms with Crippen molar-refractivity contribution in [3.05, 3.63) is 65.7 Å². The summed E-state index contributed by atoms with van der Waals surface area (Å²) in [5.41, 5.74) is 1.40. The minimum absolute atomic E-state index is 0.0126. The molecule has 1 saturated carbocycles. The molecule has 0 N–H and O–H groups in total. The standard InChI is InChI=1S/C24H29NO5S/c1-17-9-15-21(16-10-17)31(27,28)30-20-13-11-19(12-14-20)25-22(18-7-5-4-6-8-18)24(2,3)29-23(25)26/h4-10,15-16,19-20,22H,11-14H2,1-3H3/t19-,20-,22?. The summed E-state index contributed by atoms with van der Waals surface area (Å²) in [5, 5.41) is 0. The Balaban J connectivity index is 1.45. The van der Waals surface area contributed by atoms with Gasteiger partial charge in [-0.05, 0) is 64.2 Å². The van der Waals surface area contributed by atoms with E-state index in [1.165, 1.54) is 0 Å². The summed E-state index contributed by atoms with van der Waals surface area (Å²) in [6.07, 6.45) is 1.79. The molecule has 31 heavy (non-hydrogen) atoms. The zero-order valence-corrected chi connectivity index (χ0v) is 19.0. The summed E-state index contributed by atoms with van der Waals surface area (Å²) in [7, 11) is -3.80. The van der Waals surface area contributed by atoms with Crippen LogP contribution in [-0.2, 0) is 19.0 Å². The summed E-state index contributed by atoms with van der Waals surface area (Å²) in [6.45, 7) is 5.78. The Morgan fingerprint density at radius 2 is 1.58 bits per heavy atom. The molecule has 0 radical (unpaired) electrons. The van der Waals surface area contributed by atoms with Crippen LogP contribution in [0.25, 0.3) is 0 Å². The molecule has 2 aliphatic rings. The van der Waals surface area contributed by atoms with Gasteiger partial charge in [-0.15, -0.1) is 0 Å². The number of hydrogen-bond donors (Lipinski definition) is 0. The van der Waals surface area contributed by atoms with Gasteiger partial charge in [-0.2, -0.15) is 8.42 Å². The molecule has 7 heteroatoms. The number of carbonyl (C=O) groups is 1. The van der Waals surface area contributed by atoms with E-state index >= 15 is 0 Å². The summed E-state index contributed by atoms with van der Waals surface area (Å²) >= 11 is 0. The van der Waals surface area contributed by atoms with Crippen LogP contribution in [0.5, 0.6) is 0 Å². The molecular formula is C24H29NO5S. The number of aryl methyl sites for hydroxylation is 1. The van der Waals surface area contributed by atoms with E-state index in [1.54, 1.807) is 24.3 Å². The van der Waals surface area contributed by atoms with Crippen molar-refractivity contribution in [1.29, 1.82) is 0 Å². The molecule has 1 aliphatic heterocycles. The van der Waals surface area contributed by atoms with Gasteiger partial charge < -0.3 is 4.74 Å². The van der Waals surface area contributed by atoms with E-state index in [0.29, 0.717) is 25.7 Å². The van der Waals surface area contributed by atoms with Crippen LogP contribution < -0.4 is 0 Å². The van der Waals surface area contributed by atoms with Crippen LogP contribution in [0, 0.1) is 6.92 Å². The molecule has 4 rings (SSSR count). The Hall–Kier alpha value is -2.38. The maximum atomic E-state index is 12.8. The van der Waals surface area contributed by atoms with E-state index in [4.69, 9.17) is 8.92 Å². The zero-order valence-electron chi connectivity index (χ0n) is 18.2. The lowest BCUT2D eigenvalue weighted by Crippen LogP contribution is -2.43. The SMILES string of the molecule is Cc1ccc(S(=O)(=O)O[C@H]2CC[C@H](N3C(=O)OC(C)(C)C3c3ccccc3)CC2)cc1. The van der Waals surface area contributed by atoms with Crippen molar-refractivity contribution in [3.63, 3.8) is 0 Å². The van der Waals surface area contributed by atoms with Crippen molar-refractivity contribution >= 4 is 16.2 Å². The van der Waals surface area contributed by atoms with Gasteiger partial charge in [-0.1, -0.05) is 48.0 Å². The van der Waals surface area contributed by atoms with Crippen molar-refractivity contribution in [3.8, 4) is 0 Å². The third-order valence-corrected chi connectivity index (χ3v) is 7.60. The molecule has 0 aromatic heterocycles. The summed E-state index contributed by atoms with van der Waals surface area (Å²) in [6, 6.07) is 16.4. The first-order valence-corrected chi connectivity index (χ1v) is 12.1. The fourth-order valence-corrected chi connectivity index (χ4v) is 5.82. The second kappa shape index (κ2) is 8.28. The second-order valence-electron chi connectivity index (χ2n) is 8.99. The summed E-state index contributed by atoms with van der Waals surface area (Å²) in [4.78, 5) is 14.8. The van der Waals surface area contributed by atoms with E-state index < -0.39 is 15.7 Å². The average molecular weight is 444 g/mol. The maximum Gasteiger partial charge on any atom is 0.411 e. The number of rotatable bonds is 5. The molecule has 1 amide bonds. The lowest BCUT2D eigenvalue weighted by molar-refractivity contribution is 0.0649. The molecule has 0 bridgehead atoms. The maximum absolute atomic E-state index is 12.8. The molecular weight excluding hydrogens is 414 g/mol. The first-order chi connectivity index (χ1) is 14.7. The van der Waals surface area contributed by atoms with Crippen LogP contribution in [0.1, 0.15) is 56.7 Å². The van der Waals surface area contributed by atoms with Gasteiger partial charge in [0.05, 0.1) is 17.0 Å². The Bertz CT molecular complexity index is 1030. The number of benzene rings is 2. The van der Waals surface area contributed by atoms with Crippen LogP contribution in [0.2, 0.25) is 0 Å². The number of hydrogen-bond acceptors (Lipinski definition) is 5. The minimum Gasteiger partial charge on any atom is -0.441 e. The Morgan fingerprint density at radius 1 is 0.968 bits per heavy atom. The van der Waals surface area contributed by atoms with Gasteiger partial charge in [0, 0.05) is 6.04 Å². The van der Waals surface area contributed by atoms with Crippen LogP contribution in [0.15, 0.2) is 59.5 Å². The Kier molecular flexibility index (Phi) is 5.83. The van der Waals surface area contributed by atoms with E-state index in [2.05, 4.69) is 0 Å². The smallest absolute Gasteiger partial charge is 0.411 e. The molecule has 2 aromatic carbocycles. The van der Waals surface area contributed by atoms with Crippen molar-refractivity contribution in [2.75, 3.05) is 0 Å². The fraction of sp³-hybridized carbons (Fsp3) is 0.458. The molecule has 1 saturated heterocycles. The zero-order chi connectivity index (χ0) is 22.2. The van der Waals surface area contributed by atoms with Crippen molar-refractivity contribution < 1.29 is 22.1 Å². The third-order valence-electron chi connectivity index (χ3n) is 6.22. The Labute approximate surface area is 184 Å². The minimum atomic E-state index is -3.80. The largest absolute Gasteiger partial charge is 0.441 e. The second-order valence-corrected chi connectivity index (χ2v) is 10.6. The van der Waals surface area contributed by atoms with E-state index in [1.807, 2.05) is 56.0 Å². The highest BCUT2D eigenvalue weighted by atomic mass is 32.2. The topological polar surface area (TPSA) is 72.9 Å². The molecule has 1 heterocycles. The van der Waals surface area contributed by atoms with Gasteiger partial charge in [0.15, 0.2) is 0 Å². The molecule has 1 atom stereocenters. The monoisotopic (exact) mass is 443 g/mol. The van der Waals surface area contributed by atoms with E-state index in [9.17, 15) is 13.2 Å². The quantitative estimate of drug-likeness (QED) is 0.609. The van der Waals surface area contributed by atoms with Crippen LogP contribution in [-0.4, -0.2) is 37.2 Å². The van der Waals surface area contributed by atoms with Gasteiger partial charge in [-0.3, -0.25) is 9.08 Å². The van der Waals surface area contributed by atoms with Crippen molar-refractivity contribution in [2.24, 2.45) is 0 Å². The summed E-state index contributed by atoms with van der Waals surface area (Å²) < 4.78 is 36.5. The van der Waals surface area contributed by atoms with Gasteiger partial charge >= 0.3 is 6.09 Å². The van der Waals surface area contributed by atoms with E-state index in [0.717, 1.165) is 11.1 Å². The highest BCUT2D eigenvalue weighted by Crippen LogP contribution is 2.44. The Morgan fingerprint density at radius 3 is 2.19 bits per heavy atom. The average Bonchev–Trinajstić information content (AvgIpc) is 2.97. The molecule has 0 spiro atoms. The van der Waals surface area contributed by atoms with Gasteiger partial charge in [0.1, 0.15) is 5.60 Å². The molecule has 166 valence electrons. The molecule has 1 aliphatic carbocycles. The molecule has 2 fully saturated rings. The number of ether oxygens (including phenoxy) is 1. The van der Waals surface area contributed by atoms with E-state index in [-0.39, 0.29) is 29.2 Å². The van der Waals surface area contributed by atoms with Crippen LogP contribution in [0.3, 0.4) is 0 Å². The molecule has 2 aromatic rings. The number of cyclic esters (lactones) is 1. The predicted octanol–water partition coefficient (Wildman–Crippen LogP) is 4.98. The van der Waals surface area contributed by atoms with Crippen LogP contribution >= 0.6 is 0 Å². The van der Waals surface area contributed by atoms with Gasteiger partial charge in [0.2, 0.25) is 0 Å². The van der Waals surface area contributed by atoms with Crippen LogP contribution in [0.4, 0.5) is 4.79 Å². The predicted molar refractivity (Wildman–Crippen MR) is 117 cm³/mol. The fourth-order valence-electron chi connectivity index (χ4n) is 4.69. The van der Waals surface area contributed by atoms with Crippen molar-refractivity contribution in [1.82, 2.24) is 4.90 Å². The molecule has 6 nitrogen and oxygen atoms in total. The lowest BCUT2D eigenvalue weighted by atomic mass is 9.87. The first kappa shape index (κ1) is 21.8. The highest BCUT2D eigenvalue weighted by Gasteiger charge is 2.51. The van der Waals surface area contributed by atoms with Gasteiger partial charge in [-0.25, -0.2) is 4.79 Å². The first-order valence-electron chi connectivity index (χ1n) is 10.7. The third kappa shape index (κ3) is 4.48. The number of carbonyl (C=O) groups excluding carboxylic acids is 1. The lowest BCUT2D eigenvalue weighted by Gasteiger charge is -2.38. The number of amides is 1. The highest BCUT2D eigenvalue weighted by molar-refractivity contribution is 7.86. The molecule has 1 unspecified atom stereocenters. The van der Waals surface area contributed by atoms with Gasteiger partial charge in [0.25, 0.3) is 10.1 Å². The summed E-state index contributed by atoms with van der Waals surface area (Å²) in [5.74, 6) is 0.